The van der Waals surface area contributed by atoms with Crippen molar-refractivity contribution in [1.82, 2.24) is 10.2 Å². The third-order valence-electron chi connectivity index (χ3n) is 4.33. The van der Waals surface area contributed by atoms with Crippen molar-refractivity contribution < 1.29 is 4.79 Å². The third-order valence-corrected chi connectivity index (χ3v) is 4.33. The Morgan fingerprint density at radius 1 is 1.18 bits per heavy atom. The van der Waals surface area contributed by atoms with E-state index >= 15 is 0 Å². The molecule has 2 aliphatic rings. The van der Waals surface area contributed by atoms with Gasteiger partial charge in [-0.25, -0.2) is 0 Å². The monoisotopic (exact) mass is 238 g/mol. The van der Waals surface area contributed by atoms with Crippen molar-refractivity contribution in [2.75, 3.05) is 20.1 Å². The molecule has 0 heterocycles. The Bertz CT molecular complexity index is 255. The Balaban J connectivity index is 1.57. The molecule has 2 saturated carbocycles. The zero-order valence-corrected chi connectivity index (χ0v) is 11.2. The van der Waals surface area contributed by atoms with Gasteiger partial charge >= 0.3 is 0 Å². The molecule has 17 heavy (non-hydrogen) atoms. The van der Waals surface area contributed by atoms with Crippen LogP contribution in [0, 0.1) is 11.8 Å². The third kappa shape index (κ3) is 3.98. The number of nitrogens with zero attached hydrogens (tertiary/aromatic N) is 1. The summed E-state index contributed by atoms with van der Waals surface area (Å²) < 4.78 is 0. The van der Waals surface area contributed by atoms with Crippen LogP contribution in [0.1, 0.15) is 45.4 Å². The normalized spacial score (nSPS) is 29.1. The SMILES string of the molecule is CC1CCC(CNCC(=O)N(C)C2CC2)CC1. The molecular formula is C14H26N2O. The van der Waals surface area contributed by atoms with Gasteiger partial charge in [-0.2, -0.15) is 0 Å². The van der Waals surface area contributed by atoms with Gasteiger partial charge in [-0.05, 0) is 44.1 Å². The molecule has 0 spiro atoms. The molecule has 1 amide bonds. The Labute approximate surface area is 105 Å². The van der Waals surface area contributed by atoms with Gasteiger partial charge < -0.3 is 10.2 Å². The predicted molar refractivity (Wildman–Crippen MR) is 69.8 cm³/mol. The highest BCUT2D eigenvalue weighted by Crippen LogP contribution is 2.27. The summed E-state index contributed by atoms with van der Waals surface area (Å²) in [6.45, 7) is 3.90. The van der Waals surface area contributed by atoms with Crippen molar-refractivity contribution in [1.29, 1.82) is 0 Å². The number of carbonyl (C=O) groups is 1. The van der Waals surface area contributed by atoms with Crippen molar-refractivity contribution in [2.24, 2.45) is 11.8 Å². The molecule has 2 rings (SSSR count). The second-order valence-electron chi connectivity index (χ2n) is 5.99. The van der Waals surface area contributed by atoms with Gasteiger partial charge in [0.25, 0.3) is 0 Å². The number of nitrogens with one attached hydrogen (secondary N) is 1. The topological polar surface area (TPSA) is 32.3 Å². The van der Waals surface area contributed by atoms with E-state index in [1.807, 2.05) is 11.9 Å². The number of hydrogen-bond donors (Lipinski definition) is 1. The van der Waals surface area contributed by atoms with Gasteiger partial charge in [0, 0.05) is 13.1 Å². The number of amides is 1. The van der Waals surface area contributed by atoms with E-state index in [0.29, 0.717) is 12.6 Å². The maximum absolute atomic E-state index is 11.8. The van der Waals surface area contributed by atoms with Gasteiger partial charge in [0.05, 0.1) is 6.54 Å². The minimum Gasteiger partial charge on any atom is -0.342 e. The zero-order chi connectivity index (χ0) is 12.3. The fraction of sp³-hybridized carbons (Fsp3) is 0.929. The number of hydrogen-bond acceptors (Lipinski definition) is 2. The molecule has 2 fully saturated rings. The molecule has 0 aromatic rings. The van der Waals surface area contributed by atoms with E-state index in [9.17, 15) is 4.79 Å². The second-order valence-corrected chi connectivity index (χ2v) is 5.99. The molecule has 0 bridgehead atoms. The maximum Gasteiger partial charge on any atom is 0.236 e. The fourth-order valence-corrected chi connectivity index (χ4v) is 2.71. The molecule has 0 aromatic carbocycles. The largest absolute Gasteiger partial charge is 0.342 e. The summed E-state index contributed by atoms with van der Waals surface area (Å²) in [6.07, 6.45) is 7.79. The number of likely N-dealkylation sites (N-methyl/N-ethyl adjacent to an activating group) is 1. The first kappa shape index (κ1) is 12.9. The number of carbonyl (C=O) groups excluding carboxylic acids is 1. The summed E-state index contributed by atoms with van der Waals surface area (Å²) >= 11 is 0. The molecular weight excluding hydrogens is 212 g/mol. The van der Waals surface area contributed by atoms with Gasteiger partial charge in [0.1, 0.15) is 0 Å². The second kappa shape index (κ2) is 5.85. The van der Waals surface area contributed by atoms with Crippen molar-refractivity contribution in [3.05, 3.63) is 0 Å². The zero-order valence-electron chi connectivity index (χ0n) is 11.2. The van der Waals surface area contributed by atoms with Gasteiger partial charge in [-0.15, -0.1) is 0 Å². The lowest BCUT2D eigenvalue weighted by atomic mass is 9.83. The van der Waals surface area contributed by atoms with Crippen LogP contribution in [0.4, 0.5) is 0 Å². The van der Waals surface area contributed by atoms with E-state index in [0.717, 1.165) is 18.4 Å². The van der Waals surface area contributed by atoms with Crippen LogP contribution >= 0.6 is 0 Å². The molecule has 3 heteroatoms. The molecule has 0 aliphatic heterocycles. The van der Waals surface area contributed by atoms with E-state index < -0.39 is 0 Å². The summed E-state index contributed by atoms with van der Waals surface area (Å²) in [5.74, 6) is 1.97. The van der Waals surface area contributed by atoms with Crippen LogP contribution in [0.15, 0.2) is 0 Å². The van der Waals surface area contributed by atoms with Crippen LogP contribution in [-0.4, -0.2) is 37.0 Å². The predicted octanol–water partition coefficient (Wildman–Crippen LogP) is 2.02. The lowest BCUT2D eigenvalue weighted by Gasteiger charge is -2.26. The van der Waals surface area contributed by atoms with E-state index in [2.05, 4.69) is 12.2 Å². The van der Waals surface area contributed by atoms with E-state index in [4.69, 9.17) is 0 Å². The Morgan fingerprint density at radius 2 is 1.82 bits per heavy atom. The summed E-state index contributed by atoms with van der Waals surface area (Å²) in [4.78, 5) is 13.7. The lowest BCUT2D eigenvalue weighted by molar-refractivity contribution is -0.129. The summed E-state index contributed by atoms with van der Waals surface area (Å²) in [7, 11) is 1.93. The Hall–Kier alpha value is -0.570. The molecule has 3 nitrogen and oxygen atoms in total. The van der Waals surface area contributed by atoms with Crippen LogP contribution in [0.3, 0.4) is 0 Å². The molecule has 2 aliphatic carbocycles. The van der Waals surface area contributed by atoms with Gasteiger partial charge in [0.2, 0.25) is 5.91 Å². The average molecular weight is 238 g/mol. The molecule has 1 N–H and O–H groups in total. The van der Waals surface area contributed by atoms with E-state index in [1.54, 1.807) is 0 Å². The maximum atomic E-state index is 11.8. The van der Waals surface area contributed by atoms with Crippen molar-refractivity contribution >= 4 is 5.91 Å². The Kier molecular flexibility index (Phi) is 4.43. The lowest BCUT2D eigenvalue weighted by Crippen LogP contribution is -2.38. The van der Waals surface area contributed by atoms with Crippen molar-refractivity contribution in [3.63, 3.8) is 0 Å². The Morgan fingerprint density at radius 3 is 2.41 bits per heavy atom. The molecule has 0 atom stereocenters. The average Bonchev–Trinajstić information content (AvgIpc) is 3.14. The first-order valence-corrected chi connectivity index (χ1v) is 7.13. The van der Waals surface area contributed by atoms with Gasteiger partial charge in [-0.1, -0.05) is 19.8 Å². The van der Waals surface area contributed by atoms with E-state index in [-0.39, 0.29) is 5.91 Å². The van der Waals surface area contributed by atoms with Crippen LogP contribution in [0.2, 0.25) is 0 Å². The van der Waals surface area contributed by atoms with Crippen LogP contribution in [-0.2, 0) is 4.79 Å². The molecule has 98 valence electrons. The highest BCUT2D eigenvalue weighted by atomic mass is 16.2. The van der Waals surface area contributed by atoms with Gasteiger partial charge in [0.15, 0.2) is 0 Å². The standard InChI is InChI=1S/C14H26N2O/c1-11-3-5-12(6-4-11)9-15-10-14(17)16(2)13-7-8-13/h11-13,15H,3-10H2,1-2H3. The highest BCUT2D eigenvalue weighted by molar-refractivity contribution is 5.78. The van der Waals surface area contributed by atoms with Crippen molar-refractivity contribution in [2.45, 2.75) is 51.5 Å². The van der Waals surface area contributed by atoms with Crippen LogP contribution in [0.25, 0.3) is 0 Å². The van der Waals surface area contributed by atoms with Crippen molar-refractivity contribution in [3.8, 4) is 0 Å². The summed E-state index contributed by atoms with van der Waals surface area (Å²) in [5.41, 5.74) is 0. The van der Waals surface area contributed by atoms with Crippen LogP contribution < -0.4 is 5.32 Å². The molecule has 0 unspecified atom stereocenters. The molecule has 0 saturated heterocycles. The number of rotatable bonds is 5. The van der Waals surface area contributed by atoms with Gasteiger partial charge in [-0.3, -0.25) is 4.79 Å². The fourth-order valence-electron chi connectivity index (χ4n) is 2.71. The minimum atomic E-state index is 0.261. The minimum absolute atomic E-state index is 0.261. The summed E-state index contributed by atoms with van der Waals surface area (Å²) in [5, 5.41) is 3.34. The first-order chi connectivity index (χ1) is 8.16. The summed E-state index contributed by atoms with van der Waals surface area (Å²) in [6, 6.07) is 0.542. The highest BCUT2D eigenvalue weighted by Gasteiger charge is 2.29. The first-order valence-electron chi connectivity index (χ1n) is 7.13. The molecule has 0 radical (unpaired) electrons. The van der Waals surface area contributed by atoms with Crippen LogP contribution in [0.5, 0.6) is 0 Å². The van der Waals surface area contributed by atoms with E-state index in [1.165, 1.54) is 38.5 Å². The quantitative estimate of drug-likeness (QED) is 0.795. The smallest absolute Gasteiger partial charge is 0.236 e. The molecule has 0 aromatic heterocycles.